The fourth-order valence-corrected chi connectivity index (χ4v) is 12.2. The molecule has 10 heteroatoms. The fraction of sp³-hybridized carbons (Fsp3) is 0.714. The lowest BCUT2D eigenvalue weighted by Crippen LogP contribution is -2.45. The van der Waals surface area contributed by atoms with Gasteiger partial charge in [-0.3, -0.25) is 0 Å². The molecule has 4 heterocycles. The average molecular weight is 661 g/mol. The number of fused-ring (bicyclic) bond motifs is 2. The minimum Gasteiger partial charge on any atom is -0.326 e. The summed E-state index contributed by atoms with van der Waals surface area (Å²) < 4.78 is 0. The Morgan fingerprint density at radius 3 is 1.50 bits per heavy atom. The largest absolute Gasteiger partial charge is 0.326 e. The number of nitrogens with zero attached hydrogens (tertiary/aromatic N) is 2. The molecule has 0 radical (unpaired) electrons. The number of thioether (sulfide) groups is 4. The van der Waals surface area contributed by atoms with Crippen LogP contribution in [-0.2, 0) is 0 Å². The number of hydrogen-bond acceptors (Lipinski definition) is 8. The van der Waals surface area contributed by atoms with Gasteiger partial charge in [0.2, 0.25) is 0 Å². The van der Waals surface area contributed by atoms with Gasteiger partial charge in [-0.15, -0.1) is 23.5 Å². The molecule has 0 aromatic rings. The molecular weight excluding hydrogens is 621 g/mol. The van der Waals surface area contributed by atoms with Gasteiger partial charge in [-0.05, 0) is 81.5 Å². The van der Waals surface area contributed by atoms with Crippen LogP contribution in [0.15, 0.2) is 22.0 Å². The molecule has 0 spiro atoms. The molecule has 2 atom stereocenters. The molecule has 2 fully saturated rings. The monoisotopic (exact) mass is 660 g/mol. The van der Waals surface area contributed by atoms with Crippen molar-refractivity contribution >= 4 is 116 Å². The van der Waals surface area contributed by atoms with Crippen LogP contribution in [0.5, 0.6) is 0 Å². The summed E-state index contributed by atoms with van der Waals surface area (Å²) in [5.41, 5.74) is 0.385. The van der Waals surface area contributed by atoms with Crippen LogP contribution < -0.4 is 0 Å². The summed E-state index contributed by atoms with van der Waals surface area (Å²) in [5.74, 6) is 7.98. The second-order valence-corrected chi connectivity index (χ2v) is 18.5. The van der Waals surface area contributed by atoms with Gasteiger partial charge in [-0.1, -0.05) is 76.6 Å². The van der Waals surface area contributed by atoms with Crippen molar-refractivity contribution in [3.8, 4) is 0 Å². The molecule has 0 bridgehead atoms. The highest BCUT2D eigenvalue weighted by Crippen LogP contribution is 2.43. The van der Waals surface area contributed by atoms with Crippen molar-refractivity contribution < 1.29 is 0 Å². The van der Waals surface area contributed by atoms with Crippen LogP contribution in [0, 0.1) is 22.7 Å². The molecule has 4 aliphatic rings. The second-order valence-electron chi connectivity index (χ2n) is 12.1. The van der Waals surface area contributed by atoms with Gasteiger partial charge in [0.05, 0.1) is 9.98 Å². The number of rotatable bonds is 13. The van der Waals surface area contributed by atoms with Gasteiger partial charge >= 0.3 is 0 Å². The molecule has 2 unspecified atom stereocenters. The Morgan fingerprint density at radius 1 is 0.711 bits per heavy atom. The molecule has 4 rings (SSSR count). The lowest BCUT2D eigenvalue weighted by atomic mass is 9.88. The normalized spacial score (nSPS) is 24.1. The molecular formula is C28H40N2S8. The van der Waals surface area contributed by atoms with E-state index in [1.807, 2.05) is 23.5 Å². The van der Waals surface area contributed by atoms with Crippen LogP contribution in [-0.4, -0.2) is 77.4 Å². The third-order valence-electron chi connectivity index (χ3n) is 7.62. The molecule has 0 N–H and O–H groups in total. The molecule has 0 aliphatic carbocycles. The van der Waals surface area contributed by atoms with Crippen LogP contribution >= 0.6 is 95.9 Å². The van der Waals surface area contributed by atoms with E-state index in [-0.39, 0.29) is 10.8 Å². The lowest BCUT2D eigenvalue weighted by Gasteiger charge is -2.38. The molecule has 0 saturated carbocycles. The standard InChI is InChI=1S/C28H40N2S8/c1-27(2,17-29-23(31)15-21-19(25(29)33)5-9-37-21)7-11-35-13-14-36-12-8-28(3,4)18-30-24(32)16-22-20(26(30)34)6-10-38-22/h15-16,19-20H,5-14,17-18H2,1-4H3. The molecule has 2 nitrogen and oxygen atoms in total. The van der Waals surface area contributed by atoms with Crippen LogP contribution in [0.25, 0.3) is 0 Å². The Kier molecular flexibility index (Phi) is 11.6. The van der Waals surface area contributed by atoms with E-state index >= 15 is 0 Å². The first-order valence-corrected chi connectivity index (χ1v) is 19.4. The van der Waals surface area contributed by atoms with Crippen LogP contribution in [0.4, 0.5) is 0 Å². The van der Waals surface area contributed by atoms with Crippen molar-refractivity contribution in [1.82, 2.24) is 9.80 Å². The van der Waals surface area contributed by atoms with Crippen LogP contribution in [0.3, 0.4) is 0 Å². The van der Waals surface area contributed by atoms with Crippen LogP contribution in [0.1, 0.15) is 53.4 Å². The summed E-state index contributed by atoms with van der Waals surface area (Å²) in [7, 11) is 0. The summed E-state index contributed by atoms with van der Waals surface area (Å²) in [4.78, 5) is 11.2. The molecule has 38 heavy (non-hydrogen) atoms. The van der Waals surface area contributed by atoms with Crippen molar-refractivity contribution in [3.05, 3.63) is 22.0 Å². The summed E-state index contributed by atoms with van der Waals surface area (Å²) in [6.07, 6.45) is 9.09. The minimum atomic E-state index is 0.193. The second kappa shape index (κ2) is 13.9. The van der Waals surface area contributed by atoms with Crippen molar-refractivity contribution in [2.24, 2.45) is 22.7 Å². The highest BCUT2D eigenvalue weighted by molar-refractivity contribution is 8.04. The molecule has 0 amide bonds. The van der Waals surface area contributed by atoms with Gasteiger partial charge in [0.1, 0.15) is 9.98 Å². The first-order chi connectivity index (χ1) is 18.0. The van der Waals surface area contributed by atoms with E-state index in [1.165, 1.54) is 57.2 Å². The van der Waals surface area contributed by atoms with Gasteiger partial charge in [-0.25, -0.2) is 0 Å². The van der Waals surface area contributed by atoms with Gasteiger partial charge in [0.15, 0.2) is 0 Å². The Labute approximate surface area is 269 Å². The van der Waals surface area contributed by atoms with Gasteiger partial charge < -0.3 is 9.80 Å². The predicted molar refractivity (Wildman–Crippen MR) is 193 cm³/mol. The summed E-state index contributed by atoms with van der Waals surface area (Å²) >= 11 is 31.2. The van der Waals surface area contributed by atoms with E-state index in [0.717, 1.165) is 45.9 Å². The van der Waals surface area contributed by atoms with E-state index in [4.69, 9.17) is 48.9 Å². The summed E-state index contributed by atoms with van der Waals surface area (Å²) in [5, 5.41) is 0. The average Bonchev–Trinajstić information content (AvgIpc) is 3.51. The van der Waals surface area contributed by atoms with Gasteiger partial charge in [-0.2, -0.15) is 23.5 Å². The first kappa shape index (κ1) is 31.8. The van der Waals surface area contributed by atoms with E-state index < -0.39 is 0 Å². The maximum atomic E-state index is 5.86. The number of hydrogen-bond donors (Lipinski definition) is 0. The summed E-state index contributed by atoms with van der Waals surface area (Å²) in [6.45, 7) is 11.3. The molecule has 2 saturated heterocycles. The first-order valence-electron chi connectivity index (χ1n) is 13.5. The Morgan fingerprint density at radius 2 is 1.11 bits per heavy atom. The highest BCUT2D eigenvalue weighted by Gasteiger charge is 2.37. The molecule has 4 aliphatic heterocycles. The zero-order valence-electron chi connectivity index (χ0n) is 23.0. The third kappa shape index (κ3) is 8.23. The Bertz CT molecular complexity index is 934. The van der Waals surface area contributed by atoms with E-state index in [0.29, 0.717) is 11.8 Å². The Hall–Kier alpha value is 0.840. The predicted octanol–water partition coefficient (Wildman–Crippen LogP) is 8.50. The summed E-state index contributed by atoms with van der Waals surface area (Å²) in [6, 6.07) is 0. The molecule has 0 aromatic heterocycles. The fourth-order valence-electron chi connectivity index (χ4n) is 5.19. The molecule has 0 aromatic carbocycles. The van der Waals surface area contributed by atoms with E-state index in [9.17, 15) is 0 Å². The Balaban J connectivity index is 1.10. The topological polar surface area (TPSA) is 6.48 Å². The maximum Gasteiger partial charge on any atom is 0.107 e. The van der Waals surface area contributed by atoms with Crippen molar-refractivity contribution in [3.63, 3.8) is 0 Å². The number of thiocarbonyl (C=S) groups is 4. The van der Waals surface area contributed by atoms with Crippen LogP contribution in [0.2, 0.25) is 0 Å². The maximum absolute atomic E-state index is 5.86. The van der Waals surface area contributed by atoms with E-state index in [2.05, 4.69) is 73.2 Å². The lowest BCUT2D eigenvalue weighted by molar-refractivity contribution is 0.297. The smallest absolute Gasteiger partial charge is 0.107 e. The third-order valence-corrected chi connectivity index (χ3v) is 13.9. The van der Waals surface area contributed by atoms with Crippen molar-refractivity contribution in [1.29, 1.82) is 0 Å². The zero-order chi connectivity index (χ0) is 27.5. The zero-order valence-corrected chi connectivity index (χ0v) is 29.5. The van der Waals surface area contributed by atoms with E-state index in [1.54, 1.807) is 0 Å². The van der Waals surface area contributed by atoms with Crippen molar-refractivity contribution in [2.75, 3.05) is 47.6 Å². The highest BCUT2D eigenvalue weighted by atomic mass is 32.2. The quantitative estimate of drug-likeness (QED) is 0.140. The SMILES string of the molecule is CC(C)(CCSCCSCCC(C)(C)CN1C(=S)C=C2SCCC2C1=S)CN1C(=S)C=C2SCCC2C1=S. The van der Waals surface area contributed by atoms with Gasteiger partial charge in [0.25, 0.3) is 0 Å². The minimum absolute atomic E-state index is 0.193. The molecule has 210 valence electrons. The van der Waals surface area contributed by atoms with Gasteiger partial charge in [0, 0.05) is 36.4 Å². The van der Waals surface area contributed by atoms with Crippen molar-refractivity contribution in [2.45, 2.75) is 53.4 Å².